The van der Waals surface area contributed by atoms with E-state index >= 15 is 0 Å². The minimum absolute atomic E-state index is 0.0512. The first kappa shape index (κ1) is 14.5. The lowest BCUT2D eigenvalue weighted by atomic mass is 10.1. The van der Waals surface area contributed by atoms with Crippen molar-refractivity contribution in [3.8, 4) is 0 Å². The van der Waals surface area contributed by atoms with Gasteiger partial charge in [0.1, 0.15) is 0 Å². The van der Waals surface area contributed by atoms with E-state index in [0.717, 1.165) is 20.6 Å². The number of benzene rings is 2. The smallest absolute Gasteiger partial charge is 0.0626 e. The van der Waals surface area contributed by atoms with Gasteiger partial charge < -0.3 is 10.4 Å². The molecule has 2 rings (SSSR count). The van der Waals surface area contributed by atoms with Gasteiger partial charge in [-0.25, -0.2) is 0 Å². The maximum absolute atomic E-state index is 9.48. The molecule has 0 unspecified atom stereocenters. The molecule has 0 saturated carbocycles. The Hall–Kier alpha value is -0.870. The zero-order chi connectivity index (χ0) is 13.7. The van der Waals surface area contributed by atoms with Crippen LogP contribution in [0.1, 0.15) is 17.2 Å². The van der Waals surface area contributed by atoms with Gasteiger partial charge in [0.25, 0.3) is 0 Å². The van der Waals surface area contributed by atoms with Crippen LogP contribution in [0.5, 0.6) is 0 Å². The molecular weight excluding hydrogens is 326 g/mol. The summed E-state index contributed by atoms with van der Waals surface area (Å²) in [5.74, 6) is 0. The summed E-state index contributed by atoms with van der Waals surface area (Å²) in [5.41, 5.74) is 2.07. The average Bonchev–Trinajstić information content (AvgIpc) is 2.44. The van der Waals surface area contributed by atoms with Crippen LogP contribution in [0.2, 0.25) is 5.02 Å². The summed E-state index contributed by atoms with van der Waals surface area (Å²) in [6.07, 6.45) is 0. The summed E-state index contributed by atoms with van der Waals surface area (Å²) in [5, 5.41) is 13.5. The Kier molecular flexibility index (Phi) is 5.40. The zero-order valence-corrected chi connectivity index (χ0v) is 12.7. The SMILES string of the molecule is OC[C@@H](NCc1cc(Br)ccc1Cl)c1ccccc1. The molecule has 0 aliphatic rings. The number of aliphatic hydroxyl groups is 1. The van der Waals surface area contributed by atoms with Gasteiger partial charge in [-0.2, -0.15) is 0 Å². The molecule has 0 aliphatic heterocycles. The van der Waals surface area contributed by atoms with Gasteiger partial charge in [0.15, 0.2) is 0 Å². The van der Waals surface area contributed by atoms with Gasteiger partial charge in [0, 0.05) is 16.0 Å². The molecule has 2 aromatic rings. The number of rotatable bonds is 5. The van der Waals surface area contributed by atoms with Crippen LogP contribution in [0.15, 0.2) is 53.0 Å². The van der Waals surface area contributed by atoms with Crippen molar-refractivity contribution in [1.29, 1.82) is 0 Å². The molecule has 0 radical (unpaired) electrons. The maximum atomic E-state index is 9.48. The van der Waals surface area contributed by atoms with Crippen LogP contribution in [0.3, 0.4) is 0 Å². The Morgan fingerprint density at radius 1 is 1.16 bits per heavy atom. The fourth-order valence-electron chi connectivity index (χ4n) is 1.89. The summed E-state index contributed by atoms with van der Waals surface area (Å²) in [6.45, 7) is 0.661. The molecule has 0 bridgehead atoms. The van der Waals surface area contributed by atoms with E-state index in [2.05, 4.69) is 21.2 Å². The third-order valence-corrected chi connectivity index (χ3v) is 3.79. The molecule has 0 saturated heterocycles. The van der Waals surface area contributed by atoms with E-state index in [1.165, 1.54) is 0 Å². The van der Waals surface area contributed by atoms with Crippen molar-refractivity contribution in [2.24, 2.45) is 0 Å². The lowest BCUT2D eigenvalue weighted by Gasteiger charge is -2.17. The highest BCUT2D eigenvalue weighted by Crippen LogP contribution is 2.22. The lowest BCUT2D eigenvalue weighted by molar-refractivity contribution is 0.243. The topological polar surface area (TPSA) is 32.3 Å². The number of hydrogen-bond donors (Lipinski definition) is 2. The third kappa shape index (κ3) is 4.05. The van der Waals surface area contributed by atoms with Crippen LogP contribution in [0.25, 0.3) is 0 Å². The molecule has 0 heterocycles. The van der Waals surface area contributed by atoms with Gasteiger partial charge in [-0.15, -0.1) is 0 Å². The third-order valence-electron chi connectivity index (χ3n) is 2.93. The van der Waals surface area contributed by atoms with Crippen molar-refractivity contribution in [2.45, 2.75) is 12.6 Å². The van der Waals surface area contributed by atoms with Crippen LogP contribution < -0.4 is 5.32 Å². The van der Waals surface area contributed by atoms with Gasteiger partial charge >= 0.3 is 0 Å². The Morgan fingerprint density at radius 3 is 2.58 bits per heavy atom. The summed E-state index contributed by atoms with van der Waals surface area (Å²) in [6, 6.07) is 15.5. The van der Waals surface area contributed by atoms with Crippen molar-refractivity contribution >= 4 is 27.5 Å². The fourth-order valence-corrected chi connectivity index (χ4v) is 2.48. The van der Waals surface area contributed by atoms with Gasteiger partial charge in [0.05, 0.1) is 12.6 Å². The van der Waals surface area contributed by atoms with E-state index in [1.807, 2.05) is 48.5 Å². The molecule has 0 aliphatic carbocycles. The van der Waals surface area contributed by atoms with E-state index in [0.29, 0.717) is 6.54 Å². The lowest BCUT2D eigenvalue weighted by Crippen LogP contribution is -2.24. The first-order chi connectivity index (χ1) is 9.20. The van der Waals surface area contributed by atoms with E-state index in [9.17, 15) is 5.11 Å². The molecule has 1 atom stereocenters. The number of halogens is 2. The van der Waals surface area contributed by atoms with E-state index in [1.54, 1.807) is 0 Å². The highest BCUT2D eigenvalue weighted by atomic mass is 79.9. The Morgan fingerprint density at radius 2 is 1.89 bits per heavy atom. The molecule has 0 spiro atoms. The highest BCUT2D eigenvalue weighted by Gasteiger charge is 2.10. The van der Waals surface area contributed by atoms with Crippen molar-refractivity contribution in [3.63, 3.8) is 0 Å². The minimum Gasteiger partial charge on any atom is -0.394 e. The molecule has 2 nitrogen and oxygen atoms in total. The second-order valence-corrected chi connectivity index (χ2v) is 5.59. The largest absolute Gasteiger partial charge is 0.394 e. The molecule has 2 aromatic carbocycles. The normalized spacial score (nSPS) is 12.4. The Balaban J connectivity index is 2.06. The number of nitrogens with one attached hydrogen (secondary N) is 1. The second kappa shape index (κ2) is 7.06. The zero-order valence-electron chi connectivity index (χ0n) is 10.3. The van der Waals surface area contributed by atoms with Crippen molar-refractivity contribution in [2.75, 3.05) is 6.61 Å². The van der Waals surface area contributed by atoms with E-state index < -0.39 is 0 Å². The van der Waals surface area contributed by atoms with Gasteiger partial charge in [-0.05, 0) is 29.3 Å². The van der Waals surface area contributed by atoms with E-state index in [4.69, 9.17) is 11.6 Å². The molecule has 0 amide bonds. The first-order valence-electron chi connectivity index (χ1n) is 6.04. The standard InChI is InChI=1S/C15H15BrClNO/c16-13-6-7-14(17)12(8-13)9-18-15(10-19)11-4-2-1-3-5-11/h1-8,15,18-19H,9-10H2/t15-/m1/s1. The minimum atomic E-state index is -0.0868. The van der Waals surface area contributed by atoms with Crippen LogP contribution in [0.4, 0.5) is 0 Å². The predicted molar refractivity (Wildman–Crippen MR) is 82.3 cm³/mol. The maximum Gasteiger partial charge on any atom is 0.0626 e. The van der Waals surface area contributed by atoms with Gasteiger partial charge in [-0.3, -0.25) is 0 Å². The highest BCUT2D eigenvalue weighted by molar-refractivity contribution is 9.10. The molecule has 0 fully saturated rings. The first-order valence-corrected chi connectivity index (χ1v) is 7.21. The second-order valence-electron chi connectivity index (χ2n) is 4.26. The van der Waals surface area contributed by atoms with Crippen molar-refractivity contribution in [3.05, 3.63) is 69.2 Å². The summed E-state index contributed by atoms with van der Waals surface area (Å²) >= 11 is 9.58. The molecule has 19 heavy (non-hydrogen) atoms. The van der Waals surface area contributed by atoms with Crippen LogP contribution in [-0.2, 0) is 6.54 Å². The Labute approximate surface area is 126 Å². The average molecular weight is 341 g/mol. The molecule has 100 valence electrons. The molecule has 0 aromatic heterocycles. The van der Waals surface area contributed by atoms with Gasteiger partial charge in [-0.1, -0.05) is 57.9 Å². The number of hydrogen-bond acceptors (Lipinski definition) is 2. The molecular formula is C15H15BrClNO. The monoisotopic (exact) mass is 339 g/mol. The Bertz CT molecular complexity index is 533. The van der Waals surface area contributed by atoms with E-state index in [-0.39, 0.29) is 12.6 Å². The van der Waals surface area contributed by atoms with Crippen LogP contribution in [-0.4, -0.2) is 11.7 Å². The van der Waals surface area contributed by atoms with Crippen molar-refractivity contribution in [1.82, 2.24) is 5.32 Å². The van der Waals surface area contributed by atoms with Crippen LogP contribution in [0, 0.1) is 0 Å². The summed E-state index contributed by atoms with van der Waals surface area (Å²) < 4.78 is 0.994. The predicted octanol–water partition coefficient (Wildman–Crippen LogP) is 3.93. The number of aliphatic hydroxyl groups excluding tert-OH is 1. The quantitative estimate of drug-likeness (QED) is 0.864. The van der Waals surface area contributed by atoms with Crippen molar-refractivity contribution < 1.29 is 5.11 Å². The van der Waals surface area contributed by atoms with Gasteiger partial charge in [0.2, 0.25) is 0 Å². The summed E-state index contributed by atoms with van der Waals surface area (Å²) in [7, 11) is 0. The summed E-state index contributed by atoms with van der Waals surface area (Å²) in [4.78, 5) is 0. The fraction of sp³-hybridized carbons (Fsp3) is 0.200. The molecule has 4 heteroatoms. The molecule has 2 N–H and O–H groups in total. The van der Waals surface area contributed by atoms with Crippen LogP contribution >= 0.6 is 27.5 Å².